The minimum atomic E-state index is -3.88. The van der Waals surface area contributed by atoms with Crippen LogP contribution >= 0.6 is 11.6 Å². The van der Waals surface area contributed by atoms with Crippen molar-refractivity contribution in [3.05, 3.63) is 47.0 Å². The van der Waals surface area contributed by atoms with Crippen molar-refractivity contribution < 1.29 is 22.7 Å². The topological polar surface area (TPSA) is 108 Å². The second-order valence-corrected chi connectivity index (χ2v) is 10.3. The van der Waals surface area contributed by atoms with E-state index in [9.17, 15) is 18.0 Å². The van der Waals surface area contributed by atoms with E-state index in [2.05, 4.69) is 10.6 Å². The monoisotopic (exact) mass is 492 g/mol. The summed E-state index contributed by atoms with van der Waals surface area (Å²) in [4.78, 5) is 26.1. The fourth-order valence-electron chi connectivity index (χ4n) is 3.87. The van der Waals surface area contributed by atoms with Gasteiger partial charge in [-0.25, -0.2) is 8.42 Å². The first kappa shape index (κ1) is 23.5. The lowest BCUT2D eigenvalue weighted by molar-refractivity contribution is -0.121. The number of anilines is 2. The fraction of sp³-hybridized carbons (Fsp3) is 0.364. The second-order valence-electron chi connectivity index (χ2n) is 8.04. The van der Waals surface area contributed by atoms with Crippen LogP contribution in [0.4, 0.5) is 11.4 Å². The molecule has 1 atom stereocenters. The Hall–Kier alpha value is -2.66. The average molecular weight is 493 g/mol. The lowest BCUT2D eigenvalue weighted by Gasteiger charge is -2.37. The van der Waals surface area contributed by atoms with Gasteiger partial charge in [-0.3, -0.25) is 14.5 Å². The van der Waals surface area contributed by atoms with Crippen LogP contribution in [0.5, 0.6) is 5.75 Å². The van der Waals surface area contributed by atoms with Gasteiger partial charge in [0.05, 0.1) is 16.8 Å². The van der Waals surface area contributed by atoms with Gasteiger partial charge in [-0.1, -0.05) is 29.8 Å². The van der Waals surface area contributed by atoms with Crippen LogP contribution < -0.4 is 15.4 Å². The molecule has 0 saturated carbocycles. The Kier molecular flexibility index (Phi) is 6.62. The highest BCUT2D eigenvalue weighted by Gasteiger charge is 2.34. The van der Waals surface area contributed by atoms with Gasteiger partial charge in [0.25, 0.3) is 5.91 Å². The SMILES string of the molecule is Cc1ccccc1NC(=O)[C@H](C)N1CCN(S(=O)(=O)c2cc3c(cc2Cl)NC(=O)CO3)CC1. The van der Waals surface area contributed by atoms with Gasteiger partial charge in [-0.2, -0.15) is 4.31 Å². The van der Waals surface area contributed by atoms with E-state index in [1.54, 1.807) is 0 Å². The number of halogens is 1. The van der Waals surface area contributed by atoms with Crippen molar-refractivity contribution in [2.45, 2.75) is 24.8 Å². The molecule has 1 saturated heterocycles. The minimum Gasteiger partial charge on any atom is -0.482 e. The van der Waals surface area contributed by atoms with Crippen LogP contribution in [-0.4, -0.2) is 68.3 Å². The first-order valence-electron chi connectivity index (χ1n) is 10.5. The Labute approximate surface area is 197 Å². The molecule has 0 spiro atoms. The Bertz CT molecular complexity index is 1200. The summed E-state index contributed by atoms with van der Waals surface area (Å²) >= 11 is 6.25. The number of amides is 2. The number of para-hydroxylation sites is 1. The van der Waals surface area contributed by atoms with E-state index in [4.69, 9.17) is 16.3 Å². The molecule has 2 aromatic rings. The number of fused-ring (bicyclic) bond motifs is 1. The molecule has 9 nitrogen and oxygen atoms in total. The van der Waals surface area contributed by atoms with Gasteiger partial charge in [0.1, 0.15) is 10.6 Å². The number of nitrogens with zero attached hydrogens (tertiary/aromatic N) is 2. The van der Waals surface area contributed by atoms with E-state index >= 15 is 0 Å². The molecule has 176 valence electrons. The quantitative estimate of drug-likeness (QED) is 0.663. The summed E-state index contributed by atoms with van der Waals surface area (Å²) in [6, 6.07) is 9.86. The van der Waals surface area contributed by atoms with Crippen molar-refractivity contribution in [2.24, 2.45) is 0 Å². The number of carbonyl (C=O) groups is 2. The molecule has 4 rings (SSSR count). The maximum atomic E-state index is 13.2. The molecule has 0 aliphatic carbocycles. The van der Waals surface area contributed by atoms with Crippen LogP contribution in [0.1, 0.15) is 12.5 Å². The third-order valence-corrected chi connectivity index (χ3v) is 8.25. The van der Waals surface area contributed by atoms with Gasteiger partial charge >= 0.3 is 0 Å². The smallest absolute Gasteiger partial charge is 0.262 e. The average Bonchev–Trinajstić information content (AvgIpc) is 2.79. The number of hydrogen-bond donors (Lipinski definition) is 2. The molecule has 0 bridgehead atoms. The normalized spacial score (nSPS) is 18.1. The summed E-state index contributed by atoms with van der Waals surface area (Å²) in [5.74, 6) is -0.207. The molecule has 11 heteroatoms. The molecule has 33 heavy (non-hydrogen) atoms. The number of piperazine rings is 1. The zero-order valence-corrected chi connectivity index (χ0v) is 19.9. The van der Waals surface area contributed by atoms with E-state index < -0.39 is 16.1 Å². The van der Waals surface area contributed by atoms with Crippen molar-refractivity contribution in [1.29, 1.82) is 0 Å². The first-order chi connectivity index (χ1) is 15.7. The number of ether oxygens (including phenoxy) is 1. The zero-order chi connectivity index (χ0) is 23.8. The molecule has 0 unspecified atom stereocenters. The van der Waals surface area contributed by atoms with Crippen molar-refractivity contribution in [3.63, 3.8) is 0 Å². The summed E-state index contributed by atoms with van der Waals surface area (Å²) in [6.07, 6.45) is 0. The Balaban J connectivity index is 1.42. The Morgan fingerprint density at radius 2 is 1.88 bits per heavy atom. The van der Waals surface area contributed by atoms with E-state index in [1.165, 1.54) is 16.4 Å². The van der Waals surface area contributed by atoms with Crippen LogP contribution in [0.25, 0.3) is 0 Å². The predicted octanol–water partition coefficient (Wildman–Crippen LogP) is 2.31. The van der Waals surface area contributed by atoms with Crippen molar-refractivity contribution in [2.75, 3.05) is 43.4 Å². The third-order valence-electron chi connectivity index (χ3n) is 5.89. The molecular formula is C22H25ClN4O5S. The minimum absolute atomic E-state index is 0.00737. The fourth-order valence-corrected chi connectivity index (χ4v) is 5.81. The van der Waals surface area contributed by atoms with Crippen molar-refractivity contribution in [3.8, 4) is 5.75 Å². The van der Waals surface area contributed by atoms with Crippen LogP contribution in [0, 0.1) is 6.92 Å². The van der Waals surface area contributed by atoms with E-state index in [0.29, 0.717) is 18.8 Å². The van der Waals surface area contributed by atoms with Crippen LogP contribution in [0.3, 0.4) is 0 Å². The Morgan fingerprint density at radius 1 is 1.18 bits per heavy atom. The molecule has 2 aliphatic rings. The van der Waals surface area contributed by atoms with E-state index in [-0.39, 0.29) is 47.2 Å². The Morgan fingerprint density at radius 3 is 2.58 bits per heavy atom. The highest BCUT2D eigenvalue weighted by molar-refractivity contribution is 7.89. The van der Waals surface area contributed by atoms with E-state index in [1.807, 2.05) is 43.0 Å². The van der Waals surface area contributed by atoms with Gasteiger partial charge in [0.15, 0.2) is 6.61 Å². The number of sulfonamides is 1. The maximum Gasteiger partial charge on any atom is 0.262 e. The number of benzene rings is 2. The molecule has 2 aliphatic heterocycles. The largest absolute Gasteiger partial charge is 0.482 e. The maximum absolute atomic E-state index is 13.2. The lowest BCUT2D eigenvalue weighted by Crippen LogP contribution is -2.54. The predicted molar refractivity (Wildman–Crippen MR) is 125 cm³/mol. The number of hydrogen-bond acceptors (Lipinski definition) is 6. The van der Waals surface area contributed by atoms with Crippen molar-refractivity contribution in [1.82, 2.24) is 9.21 Å². The van der Waals surface area contributed by atoms with Crippen LogP contribution in [-0.2, 0) is 19.6 Å². The van der Waals surface area contributed by atoms with Gasteiger partial charge < -0.3 is 15.4 Å². The molecule has 2 heterocycles. The number of carbonyl (C=O) groups excluding carboxylic acids is 2. The first-order valence-corrected chi connectivity index (χ1v) is 12.4. The van der Waals surface area contributed by atoms with Gasteiger partial charge in [-0.15, -0.1) is 0 Å². The molecule has 0 aromatic heterocycles. The molecule has 2 aromatic carbocycles. The summed E-state index contributed by atoms with van der Waals surface area (Å²) in [7, 11) is -3.88. The van der Waals surface area contributed by atoms with Gasteiger partial charge in [-0.05, 0) is 31.5 Å². The summed E-state index contributed by atoms with van der Waals surface area (Å²) in [5.41, 5.74) is 2.07. The molecule has 1 fully saturated rings. The van der Waals surface area contributed by atoms with Gasteiger partial charge in [0.2, 0.25) is 15.9 Å². The lowest BCUT2D eigenvalue weighted by atomic mass is 10.2. The van der Waals surface area contributed by atoms with Crippen molar-refractivity contribution >= 4 is 44.8 Å². The highest BCUT2D eigenvalue weighted by atomic mass is 35.5. The number of nitrogens with one attached hydrogen (secondary N) is 2. The second kappa shape index (κ2) is 9.30. The molecule has 0 radical (unpaired) electrons. The highest BCUT2D eigenvalue weighted by Crippen LogP contribution is 2.37. The van der Waals surface area contributed by atoms with Crippen LogP contribution in [0.15, 0.2) is 41.3 Å². The third kappa shape index (κ3) is 4.84. The number of rotatable bonds is 5. The van der Waals surface area contributed by atoms with Crippen LogP contribution in [0.2, 0.25) is 5.02 Å². The van der Waals surface area contributed by atoms with E-state index in [0.717, 1.165) is 11.3 Å². The van der Waals surface area contributed by atoms with Gasteiger partial charge in [0, 0.05) is 37.9 Å². The molecule has 2 amide bonds. The molecule has 2 N–H and O–H groups in total. The molecular weight excluding hydrogens is 468 g/mol. The summed E-state index contributed by atoms with van der Waals surface area (Å²) in [6.45, 7) is 4.78. The summed E-state index contributed by atoms with van der Waals surface area (Å²) < 4.78 is 33.2. The summed E-state index contributed by atoms with van der Waals surface area (Å²) in [5, 5.41) is 5.55. The zero-order valence-electron chi connectivity index (χ0n) is 18.3. The standard InChI is InChI=1S/C22H25ClN4O5S/c1-14-5-3-4-6-17(14)25-22(29)15(2)26-7-9-27(10-8-26)33(30,31)20-12-19-18(11-16(20)23)24-21(28)13-32-19/h3-6,11-12,15H,7-10,13H2,1-2H3,(H,24,28)(H,25,29)/t15-/m0/s1. The number of aryl methyl sites for hydroxylation is 1.